The van der Waals surface area contributed by atoms with Crippen LogP contribution < -0.4 is 11.1 Å². The Kier molecular flexibility index (Phi) is 5.18. The number of hydrogen-bond acceptors (Lipinski definition) is 4. The maximum Gasteiger partial charge on any atom is 0.141 e. The van der Waals surface area contributed by atoms with Crippen LogP contribution in [0.1, 0.15) is 30.9 Å². The van der Waals surface area contributed by atoms with Crippen LogP contribution in [0, 0.1) is 0 Å². The molecule has 1 aliphatic rings. The fourth-order valence-electron chi connectivity index (χ4n) is 2.36. The molecule has 19 heavy (non-hydrogen) atoms. The van der Waals surface area contributed by atoms with E-state index in [-0.39, 0.29) is 11.9 Å². The average molecular weight is 263 g/mol. The fraction of sp³-hybridized carbons (Fsp3) is 0.500. The highest BCUT2D eigenvalue weighted by Gasteiger charge is 2.20. The molecule has 1 unspecified atom stereocenters. The van der Waals surface area contributed by atoms with Crippen molar-refractivity contribution in [2.24, 2.45) is 10.9 Å². The standard InChI is InChI=1S/C14H21N3O2/c15-14(17-18)10-13(11-4-2-1-3-5-11)16-12-6-8-19-9-7-12/h1-5,12-13,16,18H,6-10H2,(H2,15,17). The van der Waals surface area contributed by atoms with E-state index in [9.17, 15) is 0 Å². The lowest BCUT2D eigenvalue weighted by molar-refractivity contribution is 0.0750. The van der Waals surface area contributed by atoms with Gasteiger partial charge in [0.2, 0.25) is 0 Å². The normalized spacial score (nSPS) is 19.3. The molecule has 1 fully saturated rings. The van der Waals surface area contributed by atoms with E-state index in [2.05, 4.69) is 22.6 Å². The minimum atomic E-state index is 0.0696. The molecule has 1 atom stereocenters. The number of amidine groups is 1. The quantitative estimate of drug-likeness (QED) is 0.326. The summed E-state index contributed by atoms with van der Waals surface area (Å²) in [6.45, 7) is 1.59. The van der Waals surface area contributed by atoms with Gasteiger partial charge in [0.05, 0.1) is 0 Å². The Morgan fingerprint density at radius 3 is 2.68 bits per heavy atom. The van der Waals surface area contributed by atoms with Crippen molar-refractivity contribution < 1.29 is 9.94 Å². The van der Waals surface area contributed by atoms with Crippen molar-refractivity contribution in [3.05, 3.63) is 35.9 Å². The van der Waals surface area contributed by atoms with E-state index < -0.39 is 0 Å². The number of benzene rings is 1. The van der Waals surface area contributed by atoms with E-state index in [1.54, 1.807) is 0 Å². The maximum absolute atomic E-state index is 8.75. The zero-order valence-electron chi connectivity index (χ0n) is 11.0. The first-order valence-corrected chi connectivity index (χ1v) is 6.64. The highest BCUT2D eigenvalue weighted by Crippen LogP contribution is 2.19. The Balaban J connectivity index is 2.05. The summed E-state index contributed by atoms with van der Waals surface area (Å²) in [6, 6.07) is 10.6. The van der Waals surface area contributed by atoms with E-state index in [4.69, 9.17) is 15.7 Å². The zero-order valence-corrected chi connectivity index (χ0v) is 11.0. The van der Waals surface area contributed by atoms with Crippen molar-refractivity contribution in [2.45, 2.75) is 31.3 Å². The summed E-state index contributed by atoms with van der Waals surface area (Å²) >= 11 is 0. The Morgan fingerprint density at radius 1 is 1.37 bits per heavy atom. The molecule has 5 heteroatoms. The van der Waals surface area contributed by atoms with E-state index in [0.29, 0.717) is 12.5 Å². The zero-order chi connectivity index (χ0) is 13.5. The van der Waals surface area contributed by atoms with Crippen LogP contribution in [0.2, 0.25) is 0 Å². The van der Waals surface area contributed by atoms with Gasteiger partial charge in [-0.05, 0) is 18.4 Å². The van der Waals surface area contributed by atoms with Crippen LogP contribution in [-0.2, 0) is 4.74 Å². The molecule has 1 saturated heterocycles. The monoisotopic (exact) mass is 263 g/mol. The van der Waals surface area contributed by atoms with Crippen molar-refractivity contribution in [1.29, 1.82) is 0 Å². The van der Waals surface area contributed by atoms with Crippen molar-refractivity contribution >= 4 is 5.84 Å². The molecular formula is C14H21N3O2. The molecule has 1 aromatic rings. The lowest BCUT2D eigenvalue weighted by Gasteiger charge is -2.28. The van der Waals surface area contributed by atoms with E-state index >= 15 is 0 Å². The number of oxime groups is 1. The summed E-state index contributed by atoms with van der Waals surface area (Å²) in [5.74, 6) is 0.244. The molecule has 0 radical (unpaired) electrons. The van der Waals surface area contributed by atoms with Gasteiger partial charge in [0.25, 0.3) is 0 Å². The van der Waals surface area contributed by atoms with E-state index in [0.717, 1.165) is 31.6 Å². The minimum Gasteiger partial charge on any atom is -0.409 e. The van der Waals surface area contributed by atoms with E-state index in [1.807, 2.05) is 18.2 Å². The maximum atomic E-state index is 8.75. The largest absolute Gasteiger partial charge is 0.409 e. The molecule has 0 spiro atoms. The topological polar surface area (TPSA) is 79.9 Å². The molecular weight excluding hydrogens is 242 g/mol. The lowest BCUT2D eigenvalue weighted by atomic mass is 10.00. The number of nitrogens with zero attached hydrogens (tertiary/aromatic N) is 1. The summed E-state index contributed by atoms with van der Waals surface area (Å²) in [4.78, 5) is 0. The van der Waals surface area contributed by atoms with Gasteiger partial charge in [-0.15, -0.1) is 0 Å². The van der Waals surface area contributed by atoms with Gasteiger partial charge >= 0.3 is 0 Å². The SMILES string of the molecule is NC(CC(NC1CCOCC1)c1ccccc1)=NO. The van der Waals surface area contributed by atoms with Gasteiger partial charge in [-0.3, -0.25) is 0 Å². The first-order valence-electron chi connectivity index (χ1n) is 6.64. The van der Waals surface area contributed by atoms with Crippen LogP contribution in [-0.4, -0.2) is 30.3 Å². The van der Waals surface area contributed by atoms with Crippen molar-refractivity contribution in [1.82, 2.24) is 5.32 Å². The second kappa shape index (κ2) is 7.11. The molecule has 4 N–H and O–H groups in total. The molecule has 2 rings (SSSR count). The third-order valence-electron chi connectivity index (χ3n) is 3.40. The van der Waals surface area contributed by atoms with Crippen LogP contribution in [0.5, 0.6) is 0 Å². The molecule has 1 aromatic carbocycles. The number of rotatable bonds is 5. The lowest BCUT2D eigenvalue weighted by Crippen LogP contribution is -2.38. The highest BCUT2D eigenvalue weighted by molar-refractivity contribution is 5.80. The van der Waals surface area contributed by atoms with Gasteiger partial charge in [-0.25, -0.2) is 0 Å². The molecule has 0 aliphatic carbocycles. The van der Waals surface area contributed by atoms with Gasteiger partial charge in [-0.1, -0.05) is 35.5 Å². The Hall–Kier alpha value is -1.59. The molecule has 0 saturated carbocycles. The summed E-state index contributed by atoms with van der Waals surface area (Å²) in [5, 5.41) is 15.4. The molecule has 0 amide bonds. The van der Waals surface area contributed by atoms with Gasteiger partial charge in [0, 0.05) is 31.7 Å². The minimum absolute atomic E-state index is 0.0696. The average Bonchev–Trinajstić information content (AvgIpc) is 2.48. The highest BCUT2D eigenvalue weighted by atomic mass is 16.5. The second-order valence-corrected chi connectivity index (χ2v) is 4.81. The Morgan fingerprint density at radius 2 is 2.05 bits per heavy atom. The van der Waals surface area contributed by atoms with Crippen molar-refractivity contribution in [3.63, 3.8) is 0 Å². The molecule has 5 nitrogen and oxygen atoms in total. The van der Waals surface area contributed by atoms with Crippen LogP contribution in [0.3, 0.4) is 0 Å². The number of ether oxygens (including phenoxy) is 1. The van der Waals surface area contributed by atoms with E-state index in [1.165, 1.54) is 0 Å². The van der Waals surface area contributed by atoms with Gasteiger partial charge in [0.15, 0.2) is 0 Å². The van der Waals surface area contributed by atoms with Gasteiger partial charge in [0.1, 0.15) is 5.84 Å². The molecule has 1 aliphatic heterocycles. The van der Waals surface area contributed by atoms with Crippen LogP contribution in [0.15, 0.2) is 35.5 Å². The van der Waals surface area contributed by atoms with Crippen LogP contribution in [0.4, 0.5) is 0 Å². The number of nitrogens with two attached hydrogens (primary N) is 1. The first kappa shape index (κ1) is 13.8. The second-order valence-electron chi connectivity index (χ2n) is 4.81. The van der Waals surface area contributed by atoms with Crippen LogP contribution >= 0.6 is 0 Å². The smallest absolute Gasteiger partial charge is 0.141 e. The van der Waals surface area contributed by atoms with Crippen LogP contribution in [0.25, 0.3) is 0 Å². The summed E-state index contributed by atoms with van der Waals surface area (Å²) in [5.41, 5.74) is 6.80. The van der Waals surface area contributed by atoms with Crippen molar-refractivity contribution in [3.8, 4) is 0 Å². The Bertz CT molecular complexity index is 402. The number of nitrogens with one attached hydrogen (secondary N) is 1. The Labute approximate surface area is 113 Å². The third kappa shape index (κ3) is 4.22. The fourth-order valence-corrected chi connectivity index (χ4v) is 2.36. The first-order chi connectivity index (χ1) is 9.29. The van der Waals surface area contributed by atoms with Crippen molar-refractivity contribution in [2.75, 3.05) is 13.2 Å². The molecule has 0 bridgehead atoms. The van der Waals surface area contributed by atoms with Gasteiger partial charge in [-0.2, -0.15) is 0 Å². The molecule has 104 valence electrons. The summed E-state index contributed by atoms with van der Waals surface area (Å²) in [7, 11) is 0. The van der Waals surface area contributed by atoms with Gasteiger partial charge < -0.3 is 21.0 Å². The number of hydrogen-bond donors (Lipinski definition) is 3. The summed E-state index contributed by atoms with van der Waals surface area (Å²) < 4.78 is 5.36. The predicted octanol–water partition coefficient (Wildman–Crippen LogP) is 1.63. The third-order valence-corrected chi connectivity index (χ3v) is 3.40. The molecule has 1 heterocycles. The molecule has 0 aromatic heterocycles. The predicted molar refractivity (Wildman–Crippen MR) is 74.2 cm³/mol. The summed E-state index contributed by atoms with van der Waals surface area (Å²) in [6.07, 6.45) is 2.50.